The van der Waals surface area contributed by atoms with E-state index >= 15 is 0 Å². The second kappa shape index (κ2) is 4.91. The van der Waals surface area contributed by atoms with Crippen molar-refractivity contribution in [2.45, 2.75) is 45.6 Å². The Morgan fingerprint density at radius 2 is 2.18 bits per heavy atom. The molecule has 1 atom stereocenters. The fourth-order valence-corrected chi connectivity index (χ4v) is 2.43. The normalized spacial score (nSPS) is 20.0. The summed E-state index contributed by atoms with van der Waals surface area (Å²) in [4.78, 5) is 14.4. The van der Waals surface area contributed by atoms with E-state index < -0.39 is 0 Å². The van der Waals surface area contributed by atoms with E-state index in [1.165, 1.54) is 5.56 Å². The van der Waals surface area contributed by atoms with Gasteiger partial charge < -0.3 is 4.90 Å². The predicted molar refractivity (Wildman–Crippen MR) is 70.3 cm³/mol. The van der Waals surface area contributed by atoms with Crippen molar-refractivity contribution >= 4 is 5.91 Å². The van der Waals surface area contributed by atoms with Crippen LogP contribution in [0.2, 0.25) is 0 Å². The van der Waals surface area contributed by atoms with E-state index in [0.29, 0.717) is 12.0 Å². The SMILES string of the molecule is CC(C)c1cccc(C(=O)N2CCCC2C)c1. The third kappa shape index (κ3) is 2.51. The monoisotopic (exact) mass is 231 g/mol. The Bertz CT molecular complexity index is 411. The van der Waals surface area contributed by atoms with Gasteiger partial charge in [-0.05, 0) is 43.4 Å². The molecule has 1 heterocycles. The van der Waals surface area contributed by atoms with Gasteiger partial charge in [0.25, 0.3) is 5.91 Å². The van der Waals surface area contributed by atoms with Crippen LogP contribution in [-0.4, -0.2) is 23.4 Å². The number of likely N-dealkylation sites (tertiary alicyclic amines) is 1. The van der Waals surface area contributed by atoms with Crippen LogP contribution in [0.25, 0.3) is 0 Å². The third-order valence-electron chi connectivity index (χ3n) is 3.61. The Morgan fingerprint density at radius 3 is 2.76 bits per heavy atom. The summed E-state index contributed by atoms with van der Waals surface area (Å²) in [5.74, 6) is 0.663. The van der Waals surface area contributed by atoms with Crippen LogP contribution in [0.15, 0.2) is 24.3 Å². The first-order valence-electron chi connectivity index (χ1n) is 6.50. The topological polar surface area (TPSA) is 20.3 Å². The van der Waals surface area contributed by atoms with Gasteiger partial charge in [0.2, 0.25) is 0 Å². The molecular formula is C15H21NO. The fraction of sp³-hybridized carbons (Fsp3) is 0.533. The molecule has 92 valence electrons. The average Bonchev–Trinajstić information content (AvgIpc) is 2.74. The molecule has 1 aromatic carbocycles. The molecule has 2 heteroatoms. The van der Waals surface area contributed by atoms with Crippen LogP contribution in [0.3, 0.4) is 0 Å². The summed E-state index contributed by atoms with van der Waals surface area (Å²) in [5, 5.41) is 0. The Hall–Kier alpha value is -1.31. The second-order valence-electron chi connectivity index (χ2n) is 5.27. The van der Waals surface area contributed by atoms with Crippen LogP contribution in [-0.2, 0) is 0 Å². The zero-order valence-electron chi connectivity index (χ0n) is 10.9. The van der Waals surface area contributed by atoms with Crippen molar-refractivity contribution in [2.24, 2.45) is 0 Å². The molecule has 17 heavy (non-hydrogen) atoms. The molecule has 1 aliphatic rings. The van der Waals surface area contributed by atoms with Crippen LogP contribution < -0.4 is 0 Å². The van der Waals surface area contributed by atoms with Gasteiger partial charge in [0, 0.05) is 18.2 Å². The Kier molecular flexibility index (Phi) is 3.51. The summed E-state index contributed by atoms with van der Waals surface area (Å²) in [6.07, 6.45) is 2.27. The lowest BCUT2D eigenvalue weighted by Gasteiger charge is -2.21. The number of nitrogens with zero attached hydrogens (tertiary/aromatic N) is 1. The van der Waals surface area contributed by atoms with Gasteiger partial charge in [-0.25, -0.2) is 0 Å². The number of benzene rings is 1. The van der Waals surface area contributed by atoms with Gasteiger partial charge in [0.1, 0.15) is 0 Å². The molecule has 0 N–H and O–H groups in total. The molecule has 2 nitrogen and oxygen atoms in total. The molecule has 2 rings (SSSR count). The number of hydrogen-bond donors (Lipinski definition) is 0. The minimum absolute atomic E-state index is 0.192. The highest BCUT2D eigenvalue weighted by Crippen LogP contribution is 2.21. The van der Waals surface area contributed by atoms with E-state index in [-0.39, 0.29) is 5.91 Å². The highest BCUT2D eigenvalue weighted by atomic mass is 16.2. The van der Waals surface area contributed by atoms with Gasteiger partial charge in [0.05, 0.1) is 0 Å². The largest absolute Gasteiger partial charge is 0.336 e. The van der Waals surface area contributed by atoms with E-state index in [1.54, 1.807) is 0 Å². The predicted octanol–water partition coefficient (Wildman–Crippen LogP) is 3.43. The Balaban J connectivity index is 2.21. The summed E-state index contributed by atoms with van der Waals surface area (Å²) in [6.45, 7) is 7.35. The second-order valence-corrected chi connectivity index (χ2v) is 5.27. The molecule has 1 aliphatic heterocycles. The van der Waals surface area contributed by atoms with Gasteiger partial charge in [-0.1, -0.05) is 26.0 Å². The number of carbonyl (C=O) groups excluding carboxylic acids is 1. The molecule has 0 aromatic heterocycles. The van der Waals surface area contributed by atoms with Crippen molar-refractivity contribution in [3.05, 3.63) is 35.4 Å². The quantitative estimate of drug-likeness (QED) is 0.763. The average molecular weight is 231 g/mol. The molecule has 0 spiro atoms. The van der Waals surface area contributed by atoms with Crippen molar-refractivity contribution in [1.82, 2.24) is 4.90 Å². The fourth-order valence-electron chi connectivity index (χ4n) is 2.43. The van der Waals surface area contributed by atoms with Gasteiger partial charge in [-0.15, -0.1) is 0 Å². The van der Waals surface area contributed by atoms with E-state index in [4.69, 9.17) is 0 Å². The third-order valence-corrected chi connectivity index (χ3v) is 3.61. The van der Waals surface area contributed by atoms with Gasteiger partial charge >= 0.3 is 0 Å². The first-order chi connectivity index (χ1) is 8.09. The van der Waals surface area contributed by atoms with Crippen LogP contribution in [0.1, 0.15) is 55.5 Å². The molecule has 0 aliphatic carbocycles. The van der Waals surface area contributed by atoms with Crippen molar-refractivity contribution in [2.75, 3.05) is 6.54 Å². The maximum Gasteiger partial charge on any atom is 0.254 e. The molecule has 0 radical (unpaired) electrons. The first kappa shape index (κ1) is 12.2. The lowest BCUT2D eigenvalue weighted by atomic mass is 10.0. The zero-order valence-corrected chi connectivity index (χ0v) is 10.9. The molecule has 1 unspecified atom stereocenters. The number of amides is 1. The smallest absolute Gasteiger partial charge is 0.254 e. The van der Waals surface area contributed by atoms with Crippen LogP contribution in [0, 0.1) is 0 Å². The maximum atomic E-state index is 12.4. The lowest BCUT2D eigenvalue weighted by molar-refractivity contribution is 0.0747. The Labute approximate surface area is 104 Å². The van der Waals surface area contributed by atoms with Crippen LogP contribution >= 0.6 is 0 Å². The summed E-state index contributed by atoms with van der Waals surface area (Å²) < 4.78 is 0. The lowest BCUT2D eigenvalue weighted by Crippen LogP contribution is -2.33. The highest BCUT2D eigenvalue weighted by Gasteiger charge is 2.25. The first-order valence-corrected chi connectivity index (χ1v) is 6.50. The van der Waals surface area contributed by atoms with E-state index in [2.05, 4.69) is 26.8 Å². The number of rotatable bonds is 2. The van der Waals surface area contributed by atoms with Crippen molar-refractivity contribution in [3.63, 3.8) is 0 Å². The molecule has 0 bridgehead atoms. The van der Waals surface area contributed by atoms with Crippen LogP contribution in [0.5, 0.6) is 0 Å². The number of carbonyl (C=O) groups is 1. The molecule has 0 saturated carbocycles. The molecule has 1 amide bonds. The molecule has 1 aromatic rings. The van der Waals surface area contributed by atoms with Crippen molar-refractivity contribution in [3.8, 4) is 0 Å². The minimum atomic E-state index is 0.192. The maximum absolute atomic E-state index is 12.4. The summed E-state index contributed by atoms with van der Waals surface area (Å²) in [6, 6.07) is 8.44. The Morgan fingerprint density at radius 1 is 1.41 bits per heavy atom. The summed E-state index contributed by atoms with van der Waals surface area (Å²) in [5.41, 5.74) is 2.08. The van der Waals surface area contributed by atoms with Gasteiger partial charge in [0.15, 0.2) is 0 Å². The summed E-state index contributed by atoms with van der Waals surface area (Å²) in [7, 11) is 0. The standard InChI is InChI=1S/C15H21NO/c1-11(2)13-7-4-8-14(10-13)15(17)16-9-5-6-12(16)3/h4,7-8,10-12H,5-6,9H2,1-3H3. The zero-order chi connectivity index (χ0) is 12.4. The molecule has 1 fully saturated rings. The molecular weight excluding hydrogens is 210 g/mol. The van der Waals surface area contributed by atoms with E-state index in [0.717, 1.165) is 24.9 Å². The van der Waals surface area contributed by atoms with Crippen LogP contribution in [0.4, 0.5) is 0 Å². The van der Waals surface area contributed by atoms with Gasteiger partial charge in [-0.3, -0.25) is 4.79 Å². The molecule has 1 saturated heterocycles. The van der Waals surface area contributed by atoms with Crippen molar-refractivity contribution in [1.29, 1.82) is 0 Å². The van der Waals surface area contributed by atoms with Gasteiger partial charge in [-0.2, -0.15) is 0 Å². The number of hydrogen-bond acceptors (Lipinski definition) is 1. The highest BCUT2D eigenvalue weighted by molar-refractivity contribution is 5.94. The van der Waals surface area contributed by atoms with Crippen molar-refractivity contribution < 1.29 is 4.79 Å². The summed E-state index contributed by atoms with van der Waals surface area (Å²) >= 11 is 0. The minimum Gasteiger partial charge on any atom is -0.336 e. The van der Waals surface area contributed by atoms with E-state index in [9.17, 15) is 4.79 Å². The van der Waals surface area contributed by atoms with E-state index in [1.807, 2.05) is 23.1 Å².